The number of rotatable bonds is 5. The molecule has 0 unspecified atom stereocenters. The van der Waals surface area contributed by atoms with E-state index in [1.807, 2.05) is 35.9 Å². The minimum Gasteiger partial charge on any atom is -0.334 e. The van der Waals surface area contributed by atoms with Crippen molar-refractivity contribution in [3.63, 3.8) is 0 Å². The number of halogens is 1. The minimum absolute atomic E-state index is 0.0813. The fraction of sp³-hybridized carbons (Fsp3) is 0.160. The van der Waals surface area contributed by atoms with Gasteiger partial charge in [-0.2, -0.15) is 0 Å². The van der Waals surface area contributed by atoms with Gasteiger partial charge in [0.1, 0.15) is 11.6 Å². The van der Waals surface area contributed by atoms with Crippen molar-refractivity contribution in [2.75, 3.05) is 12.4 Å². The van der Waals surface area contributed by atoms with Gasteiger partial charge < -0.3 is 14.8 Å². The Morgan fingerprint density at radius 3 is 2.44 bits per heavy atom. The normalized spacial score (nSPS) is 10.9. The van der Waals surface area contributed by atoms with Gasteiger partial charge in [-0.1, -0.05) is 36.4 Å². The zero-order valence-electron chi connectivity index (χ0n) is 18.1. The number of para-hydroxylation sites is 3. The summed E-state index contributed by atoms with van der Waals surface area (Å²) in [5, 5.41) is 2.72. The molecule has 0 aliphatic carbocycles. The highest BCUT2D eigenvalue weighted by atomic mass is 19.1. The minimum atomic E-state index is -0.620. The zero-order chi connectivity index (χ0) is 22.8. The maximum Gasteiger partial charge on any atom is 0.258 e. The van der Waals surface area contributed by atoms with E-state index in [1.54, 1.807) is 43.1 Å². The number of hydrogen-bond donors (Lipinski definition) is 1. The number of carbonyl (C=O) groups excluding carboxylic acids is 2. The summed E-state index contributed by atoms with van der Waals surface area (Å²) >= 11 is 0. The van der Waals surface area contributed by atoms with E-state index in [4.69, 9.17) is 0 Å². The highest BCUT2D eigenvalue weighted by Crippen LogP contribution is 2.24. The maximum atomic E-state index is 14.1. The summed E-state index contributed by atoms with van der Waals surface area (Å²) in [4.78, 5) is 32.1. The molecular weight excluding hydrogens is 407 g/mol. The van der Waals surface area contributed by atoms with E-state index in [2.05, 4.69) is 10.3 Å². The summed E-state index contributed by atoms with van der Waals surface area (Å²) in [6.45, 7) is 2.08. The van der Waals surface area contributed by atoms with Crippen LogP contribution in [-0.2, 0) is 13.6 Å². The quantitative estimate of drug-likeness (QED) is 0.505. The van der Waals surface area contributed by atoms with E-state index in [-0.39, 0.29) is 11.5 Å². The lowest BCUT2D eigenvalue weighted by Crippen LogP contribution is -2.29. The predicted octanol–water partition coefficient (Wildman–Crippen LogP) is 4.55. The molecule has 0 spiro atoms. The van der Waals surface area contributed by atoms with Gasteiger partial charge in [-0.3, -0.25) is 9.59 Å². The molecule has 0 atom stereocenters. The fourth-order valence-corrected chi connectivity index (χ4v) is 3.66. The third kappa shape index (κ3) is 3.97. The van der Waals surface area contributed by atoms with Crippen molar-refractivity contribution in [1.82, 2.24) is 14.5 Å². The molecular formula is C25H23FN4O2. The molecule has 2 amide bonds. The number of amides is 2. The third-order valence-electron chi connectivity index (χ3n) is 5.47. The summed E-state index contributed by atoms with van der Waals surface area (Å²) in [5.74, 6) is -0.758. The number of benzene rings is 3. The van der Waals surface area contributed by atoms with Gasteiger partial charge in [-0.25, -0.2) is 9.37 Å². The molecule has 1 N–H and O–H groups in total. The Kier molecular flexibility index (Phi) is 5.73. The molecule has 0 saturated carbocycles. The van der Waals surface area contributed by atoms with Crippen LogP contribution in [0.25, 0.3) is 11.0 Å². The summed E-state index contributed by atoms with van der Waals surface area (Å²) < 4.78 is 16.0. The molecule has 4 aromatic rings. The number of carbonyl (C=O) groups is 2. The van der Waals surface area contributed by atoms with E-state index in [0.29, 0.717) is 23.4 Å². The topological polar surface area (TPSA) is 67.2 Å². The molecule has 0 saturated heterocycles. The number of aromatic nitrogens is 2. The van der Waals surface area contributed by atoms with Gasteiger partial charge in [0.15, 0.2) is 0 Å². The van der Waals surface area contributed by atoms with Crippen molar-refractivity contribution in [3.05, 3.63) is 95.1 Å². The molecule has 6 nitrogen and oxygen atoms in total. The molecule has 0 bridgehead atoms. The number of aryl methyl sites for hydroxylation is 2. The van der Waals surface area contributed by atoms with E-state index in [9.17, 15) is 14.0 Å². The lowest BCUT2D eigenvalue weighted by atomic mass is 10.1. The highest BCUT2D eigenvalue weighted by Gasteiger charge is 2.21. The lowest BCUT2D eigenvalue weighted by Gasteiger charge is -2.20. The molecule has 1 aromatic heterocycles. The van der Waals surface area contributed by atoms with Crippen LogP contribution < -0.4 is 5.32 Å². The van der Waals surface area contributed by atoms with Gasteiger partial charge >= 0.3 is 0 Å². The average molecular weight is 430 g/mol. The summed E-state index contributed by atoms with van der Waals surface area (Å²) in [6.07, 6.45) is 0. The van der Waals surface area contributed by atoms with Crippen molar-refractivity contribution >= 4 is 28.5 Å². The van der Waals surface area contributed by atoms with Crippen LogP contribution in [-0.4, -0.2) is 33.3 Å². The van der Waals surface area contributed by atoms with E-state index < -0.39 is 11.7 Å². The number of imidazole rings is 1. The van der Waals surface area contributed by atoms with Crippen molar-refractivity contribution in [1.29, 1.82) is 0 Å². The van der Waals surface area contributed by atoms with Crippen LogP contribution >= 0.6 is 0 Å². The Hall–Kier alpha value is -4.00. The van der Waals surface area contributed by atoms with E-state index in [1.165, 1.54) is 18.2 Å². The molecule has 0 fully saturated rings. The van der Waals surface area contributed by atoms with Gasteiger partial charge in [0.25, 0.3) is 11.8 Å². The average Bonchev–Trinajstić information content (AvgIpc) is 3.10. The van der Waals surface area contributed by atoms with E-state index >= 15 is 0 Å². The van der Waals surface area contributed by atoms with Crippen LogP contribution in [0, 0.1) is 12.7 Å². The first-order chi connectivity index (χ1) is 15.4. The molecule has 0 aliphatic heterocycles. The molecule has 3 aromatic carbocycles. The standard InChI is InChI=1S/C25H23FN4O2/c1-16-9-8-11-18(23(16)28-24(31)17-10-4-5-12-19(17)26)25(32)29(2)15-22-27-20-13-6-7-14-21(20)30(22)3/h4-14H,15H2,1-3H3,(H,28,31). The smallest absolute Gasteiger partial charge is 0.258 e. The molecule has 1 heterocycles. The number of nitrogens with zero attached hydrogens (tertiary/aromatic N) is 3. The Bertz CT molecular complexity index is 1330. The second kappa shape index (κ2) is 8.63. The molecule has 32 heavy (non-hydrogen) atoms. The molecule has 7 heteroatoms. The fourth-order valence-electron chi connectivity index (χ4n) is 3.66. The van der Waals surface area contributed by atoms with Gasteiger partial charge in [0.05, 0.1) is 34.4 Å². The van der Waals surface area contributed by atoms with Crippen molar-refractivity contribution in [2.45, 2.75) is 13.5 Å². The largest absolute Gasteiger partial charge is 0.334 e. The van der Waals surface area contributed by atoms with E-state index in [0.717, 1.165) is 16.9 Å². The highest BCUT2D eigenvalue weighted by molar-refractivity contribution is 6.09. The second-order valence-corrected chi connectivity index (χ2v) is 7.67. The van der Waals surface area contributed by atoms with Crippen molar-refractivity contribution in [3.8, 4) is 0 Å². The van der Waals surface area contributed by atoms with Crippen LogP contribution in [0.5, 0.6) is 0 Å². The zero-order valence-corrected chi connectivity index (χ0v) is 18.1. The Morgan fingerprint density at radius 2 is 1.69 bits per heavy atom. The third-order valence-corrected chi connectivity index (χ3v) is 5.47. The first-order valence-electron chi connectivity index (χ1n) is 10.2. The van der Waals surface area contributed by atoms with Gasteiger partial charge in [-0.05, 0) is 42.8 Å². The number of hydrogen-bond acceptors (Lipinski definition) is 3. The van der Waals surface area contributed by atoms with Crippen LogP contribution in [0.15, 0.2) is 66.7 Å². The maximum absolute atomic E-state index is 14.1. The SMILES string of the molecule is Cc1cccc(C(=O)N(C)Cc2nc3ccccc3n2C)c1NC(=O)c1ccccc1F. The predicted molar refractivity (Wildman–Crippen MR) is 122 cm³/mol. The number of nitrogens with one attached hydrogen (secondary N) is 1. The van der Waals surface area contributed by atoms with Crippen LogP contribution in [0.3, 0.4) is 0 Å². The molecule has 162 valence electrons. The van der Waals surface area contributed by atoms with Crippen LogP contribution in [0.4, 0.5) is 10.1 Å². The second-order valence-electron chi connectivity index (χ2n) is 7.67. The summed E-state index contributed by atoms with van der Waals surface area (Å²) in [5.41, 5.74) is 3.16. The van der Waals surface area contributed by atoms with Crippen molar-refractivity contribution in [2.24, 2.45) is 7.05 Å². The van der Waals surface area contributed by atoms with Crippen LogP contribution in [0.1, 0.15) is 32.1 Å². The first kappa shape index (κ1) is 21.2. The lowest BCUT2D eigenvalue weighted by molar-refractivity contribution is 0.0781. The van der Waals surface area contributed by atoms with Gasteiger partial charge in [0.2, 0.25) is 0 Å². The Labute approximate surface area is 185 Å². The molecule has 0 radical (unpaired) electrons. The van der Waals surface area contributed by atoms with Gasteiger partial charge in [0, 0.05) is 14.1 Å². The number of anilines is 1. The Morgan fingerprint density at radius 1 is 1.00 bits per heavy atom. The first-order valence-corrected chi connectivity index (χ1v) is 10.2. The monoisotopic (exact) mass is 430 g/mol. The molecule has 4 rings (SSSR count). The number of fused-ring (bicyclic) bond motifs is 1. The summed E-state index contributed by atoms with van der Waals surface area (Å²) in [6, 6.07) is 18.7. The van der Waals surface area contributed by atoms with Crippen molar-refractivity contribution < 1.29 is 14.0 Å². The summed E-state index contributed by atoms with van der Waals surface area (Å²) in [7, 11) is 3.60. The van der Waals surface area contributed by atoms with Gasteiger partial charge in [-0.15, -0.1) is 0 Å². The van der Waals surface area contributed by atoms with Crippen LogP contribution in [0.2, 0.25) is 0 Å². The Balaban J connectivity index is 1.61. The molecule has 0 aliphatic rings.